The van der Waals surface area contributed by atoms with Gasteiger partial charge in [-0.2, -0.15) is 0 Å². The molecule has 0 radical (unpaired) electrons. The van der Waals surface area contributed by atoms with Crippen molar-refractivity contribution in [3.05, 3.63) is 0 Å². The highest BCUT2D eigenvalue weighted by atomic mass is 16.2. The molecule has 0 aromatic heterocycles. The lowest BCUT2D eigenvalue weighted by atomic mass is 9.87. The molecule has 2 aliphatic rings. The van der Waals surface area contributed by atoms with Gasteiger partial charge >= 0.3 is 0 Å². The van der Waals surface area contributed by atoms with Crippen LogP contribution in [-0.2, 0) is 4.79 Å². The van der Waals surface area contributed by atoms with Crippen molar-refractivity contribution in [3.63, 3.8) is 0 Å². The number of likely N-dealkylation sites (tertiary alicyclic amines) is 1. The Morgan fingerprint density at radius 3 is 2.81 bits per heavy atom. The number of hydrogen-bond donors (Lipinski definition) is 2. The second kappa shape index (κ2) is 4.34. The molecule has 92 valence electrons. The Morgan fingerprint density at radius 1 is 1.56 bits per heavy atom. The van der Waals surface area contributed by atoms with E-state index < -0.39 is 5.54 Å². The molecule has 1 saturated carbocycles. The zero-order valence-electron chi connectivity index (χ0n) is 10.3. The molecule has 1 saturated heterocycles. The lowest BCUT2D eigenvalue weighted by Crippen LogP contribution is -2.47. The third-order valence-electron chi connectivity index (χ3n) is 4.05. The van der Waals surface area contributed by atoms with E-state index in [1.165, 1.54) is 6.42 Å². The molecule has 1 aliphatic heterocycles. The normalized spacial score (nSPS) is 33.4. The first-order valence-electron chi connectivity index (χ1n) is 6.27. The zero-order valence-corrected chi connectivity index (χ0v) is 10.3. The standard InChI is InChI=1S/C12H23N3O/c1-9-8-15(2)6-3-10(9)7-14-11(16)12(13)4-5-12/h9-10H,3-8,13H2,1-2H3,(H,14,16)/t9-,10?/m0/s1. The van der Waals surface area contributed by atoms with E-state index in [9.17, 15) is 4.79 Å². The summed E-state index contributed by atoms with van der Waals surface area (Å²) in [6.07, 6.45) is 2.87. The SMILES string of the molecule is C[C@H]1CN(C)CCC1CNC(=O)C1(N)CC1. The van der Waals surface area contributed by atoms with Gasteiger partial charge in [-0.25, -0.2) is 0 Å². The summed E-state index contributed by atoms with van der Waals surface area (Å²) in [6, 6.07) is 0. The number of carbonyl (C=O) groups is 1. The van der Waals surface area contributed by atoms with Gasteiger partial charge in [0.15, 0.2) is 0 Å². The van der Waals surface area contributed by atoms with Gasteiger partial charge in [0.2, 0.25) is 5.91 Å². The second-order valence-corrected chi connectivity index (χ2v) is 5.65. The first-order chi connectivity index (χ1) is 7.51. The molecule has 2 rings (SSSR count). The number of nitrogens with zero attached hydrogens (tertiary/aromatic N) is 1. The smallest absolute Gasteiger partial charge is 0.240 e. The molecule has 4 heteroatoms. The molecule has 1 aliphatic carbocycles. The maximum atomic E-state index is 11.7. The Balaban J connectivity index is 1.75. The van der Waals surface area contributed by atoms with Crippen LogP contribution in [0.15, 0.2) is 0 Å². The molecule has 1 amide bonds. The fourth-order valence-electron chi connectivity index (χ4n) is 2.47. The van der Waals surface area contributed by atoms with Gasteiger partial charge in [0.25, 0.3) is 0 Å². The van der Waals surface area contributed by atoms with E-state index in [1.807, 2.05) is 0 Å². The number of rotatable bonds is 3. The molecular formula is C12H23N3O. The van der Waals surface area contributed by atoms with Crippen LogP contribution in [0.1, 0.15) is 26.2 Å². The van der Waals surface area contributed by atoms with Gasteiger partial charge < -0.3 is 16.0 Å². The van der Waals surface area contributed by atoms with Crippen molar-refractivity contribution < 1.29 is 4.79 Å². The van der Waals surface area contributed by atoms with Crippen LogP contribution in [0.3, 0.4) is 0 Å². The molecule has 1 unspecified atom stereocenters. The Bertz CT molecular complexity index is 275. The van der Waals surface area contributed by atoms with E-state index in [4.69, 9.17) is 5.73 Å². The highest BCUT2D eigenvalue weighted by molar-refractivity contribution is 5.88. The maximum absolute atomic E-state index is 11.7. The van der Waals surface area contributed by atoms with Crippen molar-refractivity contribution >= 4 is 5.91 Å². The van der Waals surface area contributed by atoms with Crippen molar-refractivity contribution in [3.8, 4) is 0 Å². The van der Waals surface area contributed by atoms with Crippen molar-refractivity contribution in [1.82, 2.24) is 10.2 Å². The topological polar surface area (TPSA) is 58.4 Å². The Kier molecular flexibility index (Phi) is 3.22. The molecule has 2 atom stereocenters. The van der Waals surface area contributed by atoms with E-state index in [2.05, 4.69) is 24.2 Å². The number of piperidine rings is 1. The molecule has 1 heterocycles. The lowest BCUT2D eigenvalue weighted by Gasteiger charge is -2.35. The van der Waals surface area contributed by atoms with Gasteiger partial charge in [0.1, 0.15) is 0 Å². The fourth-order valence-corrected chi connectivity index (χ4v) is 2.47. The average molecular weight is 225 g/mol. The molecule has 16 heavy (non-hydrogen) atoms. The van der Waals surface area contributed by atoms with Crippen molar-refractivity contribution in [2.45, 2.75) is 31.7 Å². The molecule has 4 nitrogen and oxygen atoms in total. The fraction of sp³-hybridized carbons (Fsp3) is 0.917. The molecule has 0 aromatic carbocycles. The number of carbonyl (C=O) groups excluding carboxylic acids is 1. The first-order valence-corrected chi connectivity index (χ1v) is 6.27. The molecular weight excluding hydrogens is 202 g/mol. The van der Waals surface area contributed by atoms with Crippen LogP contribution >= 0.6 is 0 Å². The van der Waals surface area contributed by atoms with Gasteiger partial charge in [0.05, 0.1) is 5.54 Å². The number of nitrogens with two attached hydrogens (primary N) is 1. The van der Waals surface area contributed by atoms with Crippen LogP contribution in [0.2, 0.25) is 0 Å². The van der Waals surface area contributed by atoms with Crippen LogP contribution < -0.4 is 11.1 Å². The minimum absolute atomic E-state index is 0.0543. The van der Waals surface area contributed by atoms with E-state index in [1.54, 1.807) is 0 Å². The van der Waals surface area contributed by atoms with Crippen LogP contribution in [-0.4, -0.2) is 43.0 Å². The van der Waals surface area contributed by atoms with Crippen LogP contribution in [0.4, 0.5) is 0 Å². The minimum Gasteiger partial charge on any atom is -0.354 e. The summed E-state index contributed by atoms with van der Waals surface area (Å²) in [5.41, 5.74) is 5.32. The van der Waals surface area contributed by atoms with Crippen molar-refractivity contribution in [2.24, 2.45) is 17.6 Å². The largest absolute Gasteiger partial charge is 0.354 e. The summed E-state index contributed by atoms with van der Waals surface area (Å²) in [7, 11) is 2.16. The quantitative estimate of drug-likeness (QED) is 0.720. The molecule has 0 aromatic rings. The van der Waals surface area contributed by atoms with Gasteiger partial charge in [-0.3, -0.25) is 4.79 Å². The highest BCUT2D eigenvalue weighted by Crippen LogP contribution is 2.32. The maximum Gasteiger partial charge on any atom is 0.240 e. The molecule has 0 bridgehead atoms. The third-order valence-corrected chi connectivity index (χ3v) is 4.05. The summed E-state index contributed by atoms with van der Waals surface area (Å²) in [5, 5.41) is 3.02. The van der Waals surface area contributed by atoms with Crippen LogP contribution in [0, 0.1) is 11.8 Å². The number of nitrogens with one attached hydrogen (secondary N) is 1. The highest BCUT2D eigenvalue weighted by Gasteiger charge is 2.45. The van der Waals surface area contributed by atoms with Gasteiger partial charge in [-0.1, -0.05) is 6.92 Å². The monoisotopic (exact) mass is 225 g/mol. The van der Waals surface area contributed by atoms with E-state index in [0.29, 0.717) is 11.8 Å². The summed E-state index contributed by atoms with van der Waals surface area (Å²) in [4.78, 5) is 14.0. The Labute approximate surface area is 97.6 Å². The average Bonchev–Trinajstić information content (AvgIpc) is 2.96. The van der Waals surface area contributed by atoms with Crippen LogP contribution in [0.25, 0.3) is 0 Å². The van der Waals surface area contributed by atoms with Crippen LogP contribution in [0.5, 0.6) is 0 Å². The summed E-state index contributed by atoms with van der Waals surface area (Å²) >= 11 is 0. The summed E-state index contributed by atoms with van der Waals surface area (Å²) in [5.74, 6) is 1.33. The molecule has 3 N–H and O–H groups in total. The minimum atomic E-state index is -0.519. The van der Waals surface area contributed by atoms with Gasteiger partial charge in [0, 0.05) is 13.1 Å². The molecule has 2 fully saturated rings. The predicted molar refractivity (Wildman–Crippen MR) is 63.9 cm³/mol. The zero-order chi connectivity index (χ0) is 11.8. The Morgan fingerprint density at radius 2 is 2.25 bits per heavy atom. The Hall–Kier alpha value is -0.610. The van der Waals surface area contributed by atoms with Gasteiger partial charge in [-0.05, 0) is 44.7 Å². The second-order valence-electron chi connectivity index (χ2n) is 5.65. The predicted octanol–water partition coefficient (Wildman–Crippen LogP) is 0.182. The number of amides is 1. The van der Waals surface area contributed by atoms with E-state index in [0.717, 1.165) is 32.5 Å². The summed E-state index contributed by atoms with van der Waals surface area (Å²) < 4.78 is 0. The van der Waals surface area contributed by atoms with Crippen molar-refractivity contribution in [2.75, 3.05) is 26.7 Å². The molecule has 0 spiro atoms. The first kappa shape index (κ1) is 11.9. The summed E-state index contributed by atoms with van der Waals surface area (Å²) in [6.45, 7) is 5.33. The van der Waals surface area contributed by atoms with Gasteiger partial charge in [-0.15, -0.1) is 0 Å². The lowest BCUT2D eigenvalue weighted by molar-refractivity contribution is -0.123. The number of hydrogen-bond acceptors (Lipinski definition) is 3. The third kappa shape index (κ3) is 2.55. The van der Waals surface area contributed by atoms with E-state index in [-0.39, 0.29) is 5.91 Å². The van der Waals surface area contributed by atoms with Crippen molar-refractivity contribution in [1.29, 1.82) is 0 Å². The van der Waals surface area contributed by atoms with E-state index >= 15 is 0 Å².